The van der Waals surface area contributed by atoms with Gasteiger partial charge < -0.3 is 5.11 Å². The lowest BCUT2D eigenvalue weighted by atomic mass is 9.93. The molecule has 0 aromatic heterocycles. The summed E-state index contributed by atoms with van der Waals surface area (Å²) >= 11 is 0. The maximum Gasteiger partial charge on any atom is 0.303 e. The zero-order chi connectivity index (χ0) is 13.8. The van der Waals surface area contributed by atoms with Crippen molar-refractivity contribution in [1.82, 2.24) is 4.90 Å². The van der Waals surface area contributed by atoms with Crippen LogP contribution in [-0.4, -0.2) is 29.1 Å². The minimum absolute atomic E-state index is 0.132. The molecule has 4 heteroatoms. The highest BCUT2D eigenvalue weighted by molar-refractivity contribution is 5.67. The molecular weight excluding hydrogens is 245 g/mol. The lowest BCUT2D eigenvalue weighted by Crippen LogP contribution is -2.38. The predicted molar refractivity (Wildman–Crippen MR) is 71.4 cm³/mol. The summed E-state index contributed by atoms with van der Waals surface area (Å²) < 4.78 is 13.2. The summed E-state index contributed by atoms with van der Waals surface area (Å²) in [6.45, 7) is 3.79. The molecule has 1 aromatic rings. The van der Waals surface area contributed by atoms with Gasteiger partial charge in [0.05, 0.1) is 0 Å². The van der Waals surface area contributed by atoms with Gasteiger partial charge in [-0.1, -0.05) is 12.1 Å². The highest BCUT2D eigenvalue weighted by atomic mass is 19.1. The number of aliphatic carboxylic acids is 1. The van der Waals surface area contributed by atoms with Crippen LogP contribution in [0.15, 0.2) is 24.3 Å². The fraction of sp³-hybridized carbons (Fsp3) is 0.533. The summed E-state index contributed by atoms with van der Waals surface area (Å²) in [5.41, 5.74) is 0.955. The quantitative estimate of drug-likeness (QED) is 0.909. The van der Waals surface area contributed by atoms with Gasteiger partial charge in [-0.15, -0.1) is 0 Å². The molecular formula is C15H20FNO2. The second-order valence-electron chi connectivity index (χ2n) is 5.33. The van der Waals surface area contributed by atoms with E-state index in [0.29, 0.717) is 0 Å². The van der Waals surface area contributed by atoms with E-state index in [0.717, 1.165) is 31.5 Å². The van der Waals surface area contributed by atoms with Gasteiger partial charge in [0.15, 0.2) is 0 Å². The van der Waals surface area contributed by atoms with Crippen LogP contribution in [0.4, 0.5) is 4.39 Å². The molecule has 1 aliphatic heterocycles. The number of halogens is 1. The monoisotopic (exact) mass is 265 g/mol. The van der Waals surface area contributed by atoms with Crippen molar-refractivity contribution in [2.45, 2.75) is 32.2 Å². The van der Waals surface area contributed by atoms with E-state index in [1.54, 1.807) is 12.1 Å². The third-order valence-corrected chi connectivity index (χ3v) is 3.89. The topological polar surface area (TPSA) is 40.5 Å². The number of carboxylic acids is 1. The highest BCUT2D eigenvalue weighted by Gasteiger charge is 2.25. The molecule has 2 rings (SSSR count). The average Bonchev–Trinajstić information content (AvgIpc) is 2.37. The summed E-state index contributed by atoms with van der Waals surface area (Å²) in [6.07, 6.45) is 2.21. The fourth-order valence-corrected chi connectivity index (χ4v) is 2.84. The maximum atomic E-state index is 13.2. The number of benzene rings is 1. The van der Waals surface area contributed by atoms with Crippen LogP contribution in [0.25, 0.3) is 0 Å². The lowest BCUT2D eigenvalue weighted by Gasteiger charge is -2.36. The van der Waals surface area contributed by atoms with E-state index in [1.807, 2.05) is 6.07 Å². The summed E-state index contributed by atoms with van der Waals surface area (Å²) in [7, 11) is 0. The van der Waals surface area contributed by atoms with Gasteiger partial charge in [-0.25, -0.2) is 4.39 Å². The van der Waals surface area contributed by atoms with Gasteiger partial charge in [-0.2, -0.15) is 0 Å². The van der Waals surface area contributed by atoms with Crippen LogP contribution in [0, 0.1) is 11.7 Å². The average molecular weight is 265 g/mol. The first-order valence-electron chi connectivity index (χ1n) is 6.77. The third-order valence-electron chi connectivity index (χ3n) is 3.89. The van der Waals surface area contributed by atoms with E-state index in [2.05, 4.69) is 11.8 Å². The number of carboxylic acid groups (broad SMARTS) is 1. The molecule has 2 atom stereocenters. The van der Waals surface area contributed by atoms with E-state index in [4.69, 9.17) is 5.11 Å². The summed E-state index contributed by atoms with van der Waals surface area (Å²) in [4.78, 5) is 13.0. The lowest BCUT2D eigenvalue weighted by molar-refractivity contribution is -0.138. The Hall–Kier alpha value is -1.42. The summed E-state index contributed by atoms with van der Waals surface area (Å²) in [6, 6.07) is 6.78. The number of carbonyl (C=O) groups is 1. The molecule has 0 radical (unpaired) electrons. The zero-order valence-corrected chi connectivity index (χ0v) is 11.2. The van der Waals surface area contributed by atoms with Crippen LogP contribution in [0.2, 0.25) is 0 Å². The number of nitrogens with zero attached hydrogens (tertiary/aromatic N) is 1. The second-order valence-corrected chi connectivity index (χ2v) is 5.33. The molecule has 19 heavy (non-hydrogen) atoms. The van der Waals surface area contributed by atoms with Crippen LogP contribution in [0.3, 0.4) is 0 Å². The minimum atomic E-state index is -0.731. The Labute approximate surface area is 113 Å². The van der Waals surface area contributed by atoms with Gasteiger partial charge >= 0.3 is 5.97 Å². The van der Waals surface area contributed by atoms with Crippen LogP contribution in [0.1, 0.15) is 37.8 Å². The smallest absolute Gasteiger partial charge is 0.303 e. The Morgan fingerprint density at radius 3 is 3.05 bits per heavy atom. The molecule has 2 unspecified atom stereocenters. The Kier molecular flexibility index (Phi) is 4.53. The molecule has 1 heterocycles. The highest BCUT2D eigenvalue weighted by Crippen LogP contribution is 2.28. The summed E-state index contributed by atoms with van der Waals surface area (Å²) in [5.74, 6) is -0.740. The number of piperidine rings is 1. The van der Waals surface area contributed by atoms with Crippen molar-refractivity contribution in [2.75, 3.05) is 13.1 Å². The first-order chi connectivity index (χ1) is 9.06. The number of hydrogen-bond donors (Lipinski definition) is 1. The molecule has 0 aliphatic carbocycles. The summed E-state index contributed by atoms with van der Waals surface area (Å²) in [5, 5.41) is 8.88. The maximum absolute atomic E-state index is 13.2. The molecule has 1 aromatic carbocycles. The van der Waals surface area contributed by atoms with Crippen LogP contribution >= 0.6 is 0 Å². The molecule has 0 saturated carbocycles. The number of likely N-dealkylation sites (tertiary alicyclic amines) is 1. The Bertz CT molecular complexity index is 450. The van der Waals surface area contributed by atoms with Gasteiger partial charge in [0.25, 0.3) is 0 Å². The second kappa shape index (κ2) is 6.15. The van der Waals surface area contributed by atoms with Crippen LogP contribution in [0.5, 0.6) is 0 Å². The zero-order valence-electron chi connectivity index (χ0n) is 11.2. The Balaban J connectivity index is 2.02. The van der Waals surface area contributed by atoms with Crippen molar-refractivity contribution in [2.24, 2.45) is 5.92 Å². The van der Waals surface area contributed by atoms with Crippen molar-refractivity contribution in [1.29, 1.82) is 0 Å². The van der Waals surface area contributed by atoms with E-state index < -0.39 is 5.97 Å². The largest absolute Gasteiger partial charge is 0.481 e. The van der Waals surface area contributed by atoms with Gasteiger partial charge in [-0.3, -0.25) is 9.69 Å². The fourth-order valence-electron chi connectivity index (χ4n) is 2.84. The number of rotatable bonds is 4. The Morgan fingerprint density at radius 2 is 2.37 bits per heavy atom. The van der Waals surface area contributed by atoms with Crippen molar-refractivity contribution in [3.8, 4) is 0 Å². The molecule has 104 valence electrons. The van der Waals surface area contributed by atoms with E-state index in [9.17, 15) is 9.18 Å². The molecule has 1 aliphatic rings. The molecule has 0 spiro atoms. The van der Waals surface area contributed by atoms with Gasteiger partial charge in [0, 0.05) is 19.0 Å². The molecule has 3 nitrogen and oxygen atoms in total. The number of hydrogen-bond acceptors (Lipinski definition) is 2. The molecule has 0 amide bonds. The first-order valence-corrected chi connectivity index (χ1v) is 6.77. The minimum Gasteiger partial charge on any atom is -0.481 e. The molecule has 0 bridgehead atoms. The van der Waals surface area contributed by atoms with E-state index in [1.165, 1.54) is 6.07 Å². The molecule has 1 N–H and O–H groups in total. The van der Waals surface area contributed by atoms with E-state index >= 15 is 0 Å². The third kappa shape index (κ3) is 3.77. The van der Waals surface area contributed by atoms with Crippen LogP contribution < -0.4 is 0 Å². The standard InChI is InChI=1S/C15H20FNO2/c1-11(13-5-2-6-14(16)9-13)17-7-3-4-12(10-17)8-15(18)19/h2,5-6,9,11-12H,3-4,7-8,10H2,1H3,(H,18,19). The predicted octanol–water partition coefficient (Wildman–Crippen LogP) is 3.07. The van der Waals surface area contributed by atoms with Crippen molar-refractivity contribution < 1.29 is 14.3 Å². The first kappa shape index (κ1) is 14.0. The molecule has 1 fully saturated rings. The van der Waals surface area contributed by atoms with Crippen molar-refractivity contribution >= 4 is 5.97 Å². The van der Waals surface area contributed by atoms with Crippen molar-refractivity contribution in [3.05, 3.63) is 35.6 Å². The van der Waals surface area contributed by atoms with Gasteiger partial charge in [-0.05, 0) is 49.9 Å². The SMILES string of the molecule is CC(c1cccc(F)c1)N1CCCC(CC(=O)O)C1. The Morgan fingerprint density at radius 1 is 1.58 bits per heavy atom. The normalized spacial score (nSPS) is 22.1. The van der Waals surface area contributed by atoms with Gasteiger partial charge in [0.2, 0.25) is 0 Å². The van der Waals surface area contributed by atoms with Crippen LogP contribution in [-0.2, 0) is 4.79 Å². The van der Waals surface area contributed by atoms with Gasteiger partial charge in [0.1, 0.15) is 5.82 Å². The molecule has 1 saturated heterocycles. The van der Waals surface area contributed by atoms with E-state index in [-0.39, 0.29) is 24.2 Å². The van der Waals surface area contributed by atoms with Crippen molar-refractivity contribution in [3.63, 3.8) is 0 Å².